The first-order valence-corrected chi connectivity index (χ1v) is 6.59. The summed E-state index contributed by atoms with van der Waals surface area (Å²) in [5.41, 5.74) is 7.53. The van der Waals surface area contributed by atoms with Crippen LogP contribution in [0.3, 0.4) is 0 Å². The molecule has 0 radical (unpaired) electrons. The Bertz CT molecular complexity index is 398. The van der Waals surface area contributed by atoms with E-state index in [0.717, 1.165) is 0 Å². The molecule has 0 saturated carbocycles. The van der Waals surface area contributed by atoms with Crippen molar-refractivity contribution >= 4 is 6.09 Å². The molecule has 0 aliphatic heterocycles. The van der Waals surface area contributed by atoms with Crippen molar-refractivity contribution in [2.45, 2.75) is 39.2 Å². The van der Waals surface area contributed by atoms with Crippen molar-refractivity contribution in [1.82, 2.24) is 5.32 Å². The molecular formula is C15H24N2O2. The molecule has 106 valence electrons. The first-order valence-electron chi connectivity index (χ1n) is 6.59. The number of rotatable bonds is 5. The fourth-order valence-corrected chi connectivity index (χ4v) is 2.56. The number of amides is 1. The predicted molar refractivity (Wildman–Crippen MR) is 77.3 cm³/mol. The van der Waals surface area contributed by atoms with E-state index in [2.05, 4.69) is 38.2 Å². The molecule has 1 aromatic rings. The second kappa shape index (κ2) is 6.57. The number of nitrogens with one attached hydrogen (secondary N) is 1. The van der Waals surface area contributed by atoms with Crippen LogP contribution in [0.4, 0.5) is 4.79 Å². The average molecular weight is 264 g/mol. The molecule has 4 nitrogen and oxygen atoms in total. The fraction of sp³-hybridized carbons (Fsp3) is 0.533. The lowest BCUT2D eigenvalue weighted by Crippen LogP contribution is -2.39. The zero-order chi connectivity index (χ0) is 14.5. The molecule has 19 heavy (non-hydrogen) atoms. The average Bonchev–Trinajstić information content (AvgIpc) is 2.28. The summed E-state index contributed by atoms with van der Waals surface area (Å²) in [6.45, 7) is 6.87. The number of benzene rings is 1. The van der Waals surface area contributed by atoms with Crippen LogP contribution in [0.2, 0.25) is 0 Å². The van der Waals surface area contributed by atoms with Crippen LogP contribution < -0.4 is 11.1 Å². The van der Waals surface area contributed by atoms with Crippen molar-refractivity contribution in [2.24, 2.45) is 11.1 Å². The smallest absolute Gasteiger partial charge is 0.404 e. The van der Waals surface area contributed by atoms with Gasteiger partial charge in [-0.3, -0.25) is 0 Å². The van der Waals surface area contributed by atoms with Gasteiger partial charge < -0.3 is 16.2 Å². The monoisotopic (exact) mass is 264 g/mol. The number of hydrogen-bond donors (Lipinski definition) is 3. The zero-order valence-corrected chi connectivity index (χ0v) is 11.9. The van der Waals surface area contributed by atoms with Crippen LogP contribution in [0.15, 0.2) is 30.3 Å². The highest BCUT2D eigenvalue weighted by Gasteiger charge is 2.31. The Morgan fingerprint density at radius 1 is 1.32 bits per heavy atom. The van der Waals surface area contributed by atoms with Gasteiger partial charge in [0.05, 0.1) is 0 Å². The molecule has 0 aromatic heterocycles. The molecule has 2 unspecified atom stereocenters. The Labute approximate surface area is 115 Å². The second-order valence-corrected chi connectivity index (χ2v) is 5.94. The summed E-state index contributed by atoms with van der Waals surface area (Å²) in [5, 5.41) is 11.0. The third-order valence-corrected chi connectivity index (χ3v) is 3.27. The summed E-state index contributed by atoms with van der Waals surface area (Å²) in [6.07, 6.45) is -0.373. The molecule has 0 spiro atoms. The van der Waals surface area contributed by atoms with Crippen molar-refractivity contribution < 1.29 is 9.90 Å². The molecule has 0 bridgehead atoms. The summed E-state index contributed by atoms with van der Waals surface area (Å²) in [4.78, 5) is 10.5. The predicted octanol–water partition coefficient (Wildman–Crippen LogP) is 2.80. The summed E-state index contributed by atoms with van der Waals surface area (Å²) in [5.74, 6) is 0.198. The molecule has 1 amide bonds. The maximum Gasteiger partial charge on any atom is 0.404 e. The van der Waals surface area contributed by atoms with Crippen LogP contribution in [-0.4, -0.2) is 23.8 Å². The van der Waals surface area contributed by atoms with E-state index >= 15 is 0 Å². The van der Waals surface area contributed by atoms with E-state index in [1.807, 2.05) is 18.2 Å². The summed E-state index contributed by atoms with van der Waals surface area (Å²) < 4.78 is 0. The van der Waals surface area contributed by atoms with Crippen molar-refractivity contribution in [1.29, 1.82) is 0 Å². The number of hydrogen-bond acceptors (Lipinski definition) is 2. The van der Waals surface area contributed by atoms with Crippen molar-refractivity contribution in [3.05, 3.63) is 35.9 Å². The van der Waals surface area contributed by atoms with Gasteiger partial charge in [0.15, 0.2) is 0 Å². The van der Waals surface area contributed by atoms with Crippen LogP contribution in [-0.2, 0) is 0 Å². The zero-order valence-electron chi connectivity index (χ0n) is 11.9. The number of carboxylic acid groups (broad SMARTS) is 1. The van der Waals surface area contributed by atoms with Crippen LogP contribution in [0.5, 0.6) is 0 Å². The molecule has 0 heterocycles. The SMILES string of the molecule is CC(C)(C)C(c1ccccc1)C(N)CCNC(=O)O. The lowest BCUT2D eigenvalue weighted by atomic mass is 9.72. The molecule has 4 heteroatoms. The lowest BCUT2D eigenvalue weighted by Gasteiger charge is -2.36. The van der Waals surface area contributed by atoms with Gasteiger partial charge in [-0.25, -0.2) is 4.79 Å². The van der Waals surface area contributed by atoms with Gasteiger partial charge in [0.25, 0.3) is 0 Å². The van der Waals surface area contributed by atoms with Gasteiger partial charge in [0, 0.05) is 18.5 Å². The minimum Gasteiger partial charge on any atom is -0.465 e. The van der Waals surface area contributed by atoms with E-state index in [1.165, 1.54) is 5.56 Å². The minimum absolute atomic E-state index is 0.0317. The fourth-order valence-electron chi connectivity index (χ4n) is 2.56. The largest absolute Gasteiger partial charge is 0.465 e. The highest BCUT2D eigenvalue weighted by atomic mass is 16.4. The minimum atomic E-state index is -1.00. The van der Waals surface area contributed by atoms with Crippen molar-refractivity contribution in [3.8, 4) is 0 Å². The van der Waals surface area contributed by atoms with Gasteiger partial charge >= 0.3 is 6.09 Å². The molecule has 0 saturated heterocycles. The van der Waals surface area contributed by atoms with Crippen LogP contribution in [0.25, 0.3) is 0 Å². The van der Waals surface area contributed by atoms with E-state index in [1.54, 1.807) is 0 Å². The van der Waals surface area contributed by atoms with Gasteiger partial charge in [-0.15, -0.1) is 0 Å². The number of nitrogens with two attached hydrogens (primary N) is 1. The standard InChI is InChI=1S/C15H24N2O2/c1-15(2,3)13(11-7-5-4-6-8-11)12(16)9-10-17-14(18)19/h4-8,12-13,17H,9-10,16H2,1-3H3,(H,18,19). The van der Waals surface area contributed by atoms with Crippen LogP contribution in [0.1, 0.15) is 38.7 Å². The highest BCUT2D eigenvalue weighted by Crippen LogP contribution is 2.37. The Kier molecular flexibility index (Phi) is 5.36. The highest BCUT2D eigenvalue weighted by molar-refractivity contribution is 5.64. The van der Waals surface area contributed by atoms with Gasteiger partial charge in [-0.2, -0.15) is 0 Å². The van der Waals surface area contributed by atoms with E-state index in [-0.39, 0.29) is 17.4 Å². The first-order chi connectivity index (χ1) is 8.82. The summed E-state index contributed by atoms with van der Waals surface area (Å²) >= 11 is 0. The topological polar surface area (TPSA) is 75.3 Å². The maximum atomic E-state index is 10.5. The molecular weight excluding hydrogens is 240 g/mol. The second-order valence-electron chi connectivity index (χ2n) is 5.94. The third-order valence-electron chi connectivity index (χ3n) is 3.27. The quantitative estimate of drug-likeness (QED) is 0.765. The van der Waals surface area contributed by atoms with Crippen LogP contribution in [0, 0.1) is 5.41 Å². The van der Waals surface area contributed by atoms with E-state index in [0.29, 0.717) is 13.0 Å². The molecule has 4 N–H and O–H groups in total. The van der Waals surface area contributed by atoms with E-state index < -0.39 is 6.09 Å². The maximum absolute atomic E-state index is 10.5. The van der Waals surface area contributed by atoms with Crippen molar-refractivity contribution in [3.63, 3.8) is 0 Å². The first kappa shape index (κ1) is 15.5. The molecule has 1 rings (SSSR count). The van der Waals surface area contributed by atoms with Gasteiger partial charge in [-0.05, 0) is 17.4 Å². The summed E-state index contributed by atoms with van der Waals surface area (Å²) in [7, 11) is 0. The normalized spacial score (nSPS) is 14.7. The molecule has 0 aliphatic carbocycles. The Morgan fingerprint density at radius 2 is 1.89 bits per heavy atom. The lowest BCUT2D eigenvalue weighted by molar-refractivity contribution is 0.193. The van der Waals surface area contributed by atoms with Crippen molar-refractivity contribution in [2.75, 3.05) is 6.54 Å². The van der Waals surface area contributed by atoms with Gasteiger partial charge in [0.2, 0.25) is 0 Å². The van der Waals surface area contributed by atoms with Gasteiger partial charge in [0.1, 0.15) is 0 Å². The van der Waals surface area contributed by atoms with Gasteiger partial charge in [-0.1, -0.05) is 51.1 Å². The Hall–Kier alpha value is -1.55. The molecule has 2 atom stereocenters. The molecule has 0 fully saturated rings. The van der Waals surface area contributed by atoms with E-state index in [9.17, 15) is 4.79 Å². The Balaban J connectivity index is 2.78. The number of carbonyl (C=O) groups is 1. The van der Waals surface area contributed by atoms with E-state index in [4.69, 9.17) is 10.8 Å². The van der Waals surface area contributed by atoms with Crippen LogP contribution >= 0.6 is 0 Å². The molecule has 1 aromatic carbocycles. The molecule has 0 aliphatic rings. The third kappa shape index (κ3) is 4.91. The Morgan fingerprint density at radius 3 is 2.37 bits per heavy atom. The summed E-state index contributed by atoms with van der Waals surface area (Å²) in [6, 6.07) is 10.1.